The second kappa shape index (κ2) is 8.52. The van der Waals surface area contributed by atoms with E-state index < -0.39 is 11.0 Å². The quantitative estimate of drug-likeness (QED) is 0.381. The summed E-state index contributed by atoms with van der Waals surface area (Å²) in [6, 6.07) is 0. The zero-order chi connectivity index (χ0) is 12.4. The summed E-state index contributed by atoms with van der Waals surface area (Å²) < 4.78 is 15.3. The summed E-state index contributed by atoms with van der Waals surface area (Å²) in [4.78, 5) is 0. The SMILES string of the molecule is C#CCCCCCC/C=N/S(=O)C(C)(C)C. The maximum absolute atomic E-state index is 11.5. The highest BCUT2D eigenvalue weighted by molar-refractivity contribution is 7.85. The van der Waals surface area contributed by atoms with Crippen molar-refractivity contribution in [2.24, 2.45) is 4.40 Å². The predicted octanol–water partition coefficient (Wildman–Crippen LogP) is 3.49. The van der Waals surface area contributed by atoms with Gasteiger partial charge in [-0.1, -0.05) is 12.8 Å². The van der Waals surface area contributed by atoms with Crippen LogP contribution >= 0.6 is 0 Å². The summed E-state index contributed by atoms with van der Waals surface area (Å²) in [6.45, 7) is 5.79. The van der Waals surface area contributed by atoms with E-state index in [1.807, 2.05) is 20.8 Å². The predicted molar refractivity (Wildman–Crippen MR) is 72.9 cm³/mol. The molecule has 0 N–H and O–H groups in total. The first-order chi connectivity index (χ1) is 7.48. The molecule has 0 saturated heterocycles. The van der Waals surface area contributed by atoms with Gasteiger partial charge in [-0.05, 0) is 40.0 Å². The van der Waals surface area contributed by atoms with E-state index in [2.05, 4.69) is 10.3 Å². The lowest BCUT2D eigenvalue weighted by Gasteiger charge is -2.12. The van der Waals surface area contributed by atoms with Crippen LogP contribution in [-0.4, -0.2) is 15.2 Å². The minimum Gasteiger partial charge on any atom is -0.234 e. The standard InChI is InChI=1S/C13H23NOS/c1-5-6-7-8-9-10-11-12-14-16(15)13(2,3)4/h1,12H,6-11H2,2-4H3/b14-12+. The highest BCUT2D eigenvalue weighted by atomic mass is 32.2. The lowest BCUT2D eigenvalue weighted by Crippen LogP contribution is -2.19. The molecule has 0 aliphatic carbocycles. The molecular weight excluding hydrogens is 218 g/mol. The zero-order valence-electron chi connectivity index (χ0n) is 10.7. The monoisotopic (exact) mass is 241 g/mol. The molecule has 2 nitrogen and oxygen atoms in total. The second-order valence-corrected chi connectivity index (χ2v) is 6.74. The van der Waals surface area contributed by atoms with Gasteiger partial charge in [-0.2, -0.15) is 4.40 Å². The first-order valence-electron chi connectivity index (χ1n) is 5.86. The van der Waals surface area contributed by atoms with Gasteiger partial charge in [0.2, 0.25) is 0 Å². The Bertz CT molecular complexity index is 271. The van der Waals surface area contributed by atoms with Crippen molar-refractivity contribution in [1.82, 2.24) is 0 Å². The van der Waals surface area contributed by atoms with E-state index in [0.29, 0.717) is 0 Å². The zero-order valence-corrected chi connectivity index (χ0v) is 11.5. The van der Waals surface area contributed by atoms with Crippen LogP contribution in [0.1, 0.15) is 59.3 Å². The van der Waals surface area contributed by atoms with Gasteiger partial charge in [-0.15, -0.1) is 12.3 Å². The minimum absolute atomic E-state index is 0.247. The molecule has 0 aliphatic heterocycles. The molecule has 0 fully saturated rings. The van der Waals surface area contributed by atoms with Gasteiger partial charge in [0.25, 0.3) is 0 Å². The van der Waals surface area contributed by atoms with Crippen molar-refractivity contribution in [2.45, 2.75) is 64.0 Å². The third-order valence-electron chi connectivity index (χ3n) is 2.10. The molecule has 3 heteroatoms. The van der Waals surface area contributed by atoms with Gasteiger partial charge in [0, 0.05) is 12.6 Å². The Morgan fingerprint density at radius 1 is 1.25 bits per heavy atom. The van der Waals surface area contributed by atoms with E-state index in [1.165, 1.54) is 12.8 Å². The van der Waals surface area contributed by atoms with E-state index in [1.54, 1.807) is 6.21 Å². The summed E-state index contributed by atoms with van der Waals surface area (Å²) >= 11 is 0. The fourth-order valence-electron chi connectivity index (χ4n) is 1.09. The van der Waals surface area contributed by atoms with E-state index in [-0.39, 0.29) is 4.75 Å². The molecule has 0 aromatic heterocycles. The van der Waals surface area contributed by atoms with Crippen LogP contribution in [-0.2, 0) is 11.0 Å². The molecule has 0 rings (SSSR count). The summed E-state index contributed by atoms with van der Waals surface area (Å²) in [6.07, 6.45) is 13.3. The average molecular weight is 241 g/mol. The molecule has 0 spiro atoms. The Hall–Kier alpha value is -0.620. The van der Waals surface area contributed by atoms with Gasteiger partial charge in [-0.25, -0.2) is 4.21 Å². The molecule has 0 aromatic rings. The van der Waals surface area contributed by atoms with Crippen molar-refractivity contribution in [3.05, 3.63) is 0 Å². The Balaban J connectivity index is 3.49. The smallest absolute Gasteiger partial charge is 0.144 e. The summed E-state index contributed by atoms with van der Waals surface area (Å²) in [7, 11) is -1.10. The molecule has 0 aliphatic rings. The van der Waals surface area contributed by atoms with Gasteiger partial charge in [0.05, 0.1) is 4.75 Å². The van der Waals surface area contributed by atoms with Gasteiger partial charge in [0.15, 0.2) is 0 Å². The van der Waals surface area contributed by atoms with Crippen molar-refractivity contribution in [3.63, 3.8) is 0 Å². The van der Waals surface area contributed by atoms with Crippen LogP contribution in [0.15, 0.2) is 4.40 Å². The molecule has 0 aromatic carbocycles. The molecule has 16 heavy (non-hydrogen) atoms. The third kappa shape index (κ3) is 8.67. The van der Waals surface area contributed by atoms with Crippen molar-refractivity contribution in [1.29, 1.82) is 0 Å². The van der Waals surface area contributed by atoms with Crippen LogP contribution in [0.25, 0.3) is 0 Å². The van der Waals surface area contributed by atoms with Crippen molar-refractivity contribution < 1.29 is 4.21 Å². The second-order valence-electron chi connectivity index (χ2n) is 4.81. The summed E-state index contributed by atoms with van der Waals surface area (Å²) in [5.74, 6) is 2.63. The van der Waals surface area contributed by atoms with Crippen molar-refractivity contribution in [2.75, 3.05) is 0 Å². The van der Waals surface area contributed by atoms with Gasteiger partial charge in [0.1, 0.15) is 11.0 Å². The van der Waals surface area contributed by atoms with Gasteiger partial charge >= 0.3 is 0 Å². The molecule has 92 valence electrons. The number of rotatable bonds is 7. The van der Waals surface area contributed by atoms with Crippen LogP contribution in [0.4, 0.5) is 0 Å². The van der Waals surface area contributed by atoms with E-state index in [0.717, 1.165) is 25.7 Å². The molecule has 1 unspecified atom stereocenters. The maximum atomic E-state index is 11.5. The molecule has 0 heterocycles. The molecule has 0 bridgehead atoms. The normalized spacial score (nSPS) is 13.9. The number of nitrogens with zero attached hydrogens (tertiary/aromatic N) is 1. The lowest BCUT2D eigenvalue weighted by molar-refractivity contribution is 0.650. The number of hydrogen-bond donors (Lipinski definition) is 0. The molecular formula is C13H23NOS. The molecule has 0 amide bonds. The first-order valence-corrected chi connectivity index (χ1v) is 6.97. The van der Waals surface area contributed by atoms with Crippen molar-refractivity contribution >= 4 is 17.2 Å². The van der Waals surface area contributed by atoms with Gasteiger partial charge < -0.3 is 0 Å². The lowest BCUT2D eigenvalue weighted by atomic mass is 10.1. The van der Waals surface area contributed by atoms with Crippen molar-refractivity contribution in [3.8, 4) is 12.3 Å². The fraction of sp³-hybridized carbons (Fsp3) is 0.769. The minimum atomic E-state index is -1.10. The maximum Gasteiger partial charge on any atom is 0.144 e. The van der Waals surface area contributed by atoms with E-state index in [9.17, 15) is 4.21 Å². The van der Waals surface area contributed by atoms with Crippen LogP contribution in [0.3, 0.4) is 0 Å². The topological polar surface area (TPSA) is 29.4 Å². The summed E-state index contributed by atoms with van der Waals surface area (Å²) in [5.41, 5.74) is 0. The molecule has 1 atom stereocenters. The van der Waals surface area contributed by atoms with Crippen LogP contribution < -0.4 is 0 Å². The fourth-order valence-corrected chi connectivity index (χ4v) is 1.65. The number of unbranched alkanes of at least 4 members (excludes halogenated alkanes) is 5. The Labute approximate surface area is 103 Å². The van der Waals surface area contributed by atoms with E-state index in [4.69, 9.17) is 6.42 Å². The Morgan fingerprint density at radius 2 is 1.88 bits per heavy atom. The first kappa shape index (κ1) is 15.4. The number of hydrogen-bond acceptors (Lipinski definition) is 1. The van der Waals surface area contributed by atoms with Gasteiger partial charge in [-0.3, -0.25) is 0 Å². The third-order valence-corrected chi connectivity index (χ3v) is 3.49. The van der Waals surface area contributed by atoms with Crippen LogP contribution in [0.5, 0.6) is 0 Å². The Kier molecular flexibility index (Phi) is 8.19. The van der Waals surface area contributed by atoms with Crippen LogP contribution in [0, 0.1) is 12.3 Å². The molecule has 0 radical (unpaired) electrons. The number of terminal acetylenes is 1. The van der Waals surface area contributed by atoms with Crippen LogP contribution in [0.2, 0.25) is 0 Å². The largest absolute Gasteiger partial charge is 0.234 e. The highest BCUT2D eigenvalue weighted by Crippen LogP contribution is 2.12. The Morgan fingerprint density at radius 3 is 2.44 bits per heavy atom. The van der Waals surface area contributed by atoms with E-state index >= 15 is 0 Å². The average Bonchev–Trinajstić information content (AvgIpc) is 2.20. The summed E-state index contributed by atoms with van der Waals surface area (Å²) in [5, 5.41) is 0. The highest BCUT2D eigenvalue weighted by Gasteiger charge is 2.17. The molecule has 0 saturated carbocycles.